The van der Waals surface area contributed by atoms with Gasteiger partial charge in [-0.2, -0.15) is 4.99 Å². The molecular formula is C24H30N2O2. The van der Waals surface area contributed by atoms with E-state index in [1.54, 1.807) is 6.08 Å². The molecule has 2 aliphatic rings. The van der Waals surface area contributed by atoms with Crippen molar-refractivity contribution in [2.24, 2.45) is 10.4 Å². The Hall–Kier alpha value is -2.75. The summed E-state index contributed by atoms with van der Waals surface area (Å²) in [5, 5.41) is 2.41. The summed E-state index contributed by atoms with van der Waals surface area (Å²) in [5.74, 6) is -0.947. The van der Waals surface area contributed by atoms with Crippen molar-refractivity contribution in [2.45, 2.75) is 53.9 Å². The number of carbonyl (C=O) groups excluding carboxylic acids is 2. The van der Waals surface area contributed by atoms with E-state index >= 15 is 0 Å². The highest BCUT2D eigenvalue weighted by Gasteiger charge is 2.26. The number of nitrogens with zero attached hydrogens (tertiary/aromatic N) is 1. The van der Waals surface area contributed by atoms with E-state index in [1.807, 2.05) is 19.1 Å². The van der Waals surface area contributed by atoms with E-state index in [0.29, 0.717) is 0 Å². The Morgan fingerprint density at radius 1 is 1.14 bits per heavy atom. The van der Waals surface area contributed by atoms with Crippen LogP contribution in [0, 0.1) is 5.41 Å². The average Bonchev–Trinajstić information content (AvgIpc) is 2.60. The van der Waals surface area contributed by atoms with Crippen molar-refractivity contribution in [1.29, 1.82) is 0 Å². The third kappa shape index (κ3) is 5.88. The second kappa shape index (κ2) is 9.45. The van der Waals surface area contributed by atoms with Crippen molar-refractivity contribution >= 4 is 18.2 Å². The van der Waals surface area contributed by atoms with Gasteiger partial charge < -0.3 is 5.32 Å². The summed E-state index contributed by atoms with van der Waals surface area (Å²) < 4.78 is 0. The molecule has 4 heteroatoms. The lowest BCUT2D eigenvalue weighted by Gasteiger charge is -2.32. The fourth-order valence-electron chi connectivity index (χ4n) is 3.44. The normalized spacial score (nSPS) is 22.7. The van der Waals surface area contributed by atoms with Gasteiger partial charge in [-0.3, -0.25) is 9.59 Å². The first-order valence-electron chi connectivity index (χ1n) is 9.70. The molecular weight excluding hydrogens is 348 g/mol. The van der Waals surface area contributed by atoms with Crippen LogP contribution in [0.3, 0.4) is 0 Å². The number of hydrogen-bond acceptors (Lipinski definition) is 2. The van der Waals surface area contributed by atoms with Gasteiger partial charge in [-0.1, -0.05) is 67.0 Å². The van der Waals surface area contributed by atoms with E-state index in [9.17, 15) is 9.59 Å². The summed E-state index contributed by atoms with van der Waals surface area (Å²) in [4.78, 5) is 26.8. The van der Waals surface area contributed by atoms with Gasteiger partial charge in [-0.25, -0.2) is 0 Å². The SMILES string of the molecule is CC1=C(/C=C/C(C)=C/C=C/C(C)=C/C=C2\C(=O)N=CNC2=O)C(C)(C)CCC1. The quantitative estimate of drug-likeness (QED) is 0.410. The van der Waals surface area contributed by atoms with Gasteiger partial charge in [0.05, 0.1) is 6.34 Å². The first-order valence-corrected chi connectivity index (χ1v) is 9.70. The van der Waals surface area contributed by atoms with Crippen LogP contribution in [-0.2, 0) is 9.59 Å². The fraction of sp³-hybridized carbons (Fsp3) is 0.375. The lowest BCUT2D eigenvalue weighted by Crippen LogP contribution is -2.31. The summed E-state index contributed by atoms with van der Waals surface area (Å²) in [5.41, 5.74) is 5.34. The van der Waals surface area contributed by atoms with Crippen molar-refractivity contribution in [1.82, 2.24) is 5.32 Å². The average molecular weight is 379 g/mol. The second-order valence-corrected chi connectivity index (χ2v) is 8.06. The minimum absolute atomic E-state index is 0.0450. The second-order valence-electron chi connectivity index (χ2n) is 8.06. The molecule has 0 unspecified atom stereocenters. The van der Waals surface area contributed by atoms with Crippen LogP contribution in [-0.4, -0.2) is 18.2 Å². The third-order valence-corrected chi connectivity index (χ3v) is 5.14. The van der Waals surface area contributed by atoms with Crippen molar-refractivity contribution in [2.75, 3.05) is 0 Å². The molecule has 2 rings (SSSR count). The number of allylic oxidation sites excluding steroid dienone is 11. The monoisotopic (exact) mass is 378 g/mol. The third-order valence-electron chi connectivity index (χ3n) is 5.14. The van der Waals surface area contributed by atoms with Crippen LogP contribution in [0.1, 0.15) is 53.9 Å². The van der Waals surface area contributed by atoms with Crippen molar-refractivity contribution in [3.63, 3.8) is 0 Å². The van der Waals surface area contributed by atoms with Crippen LogP contribution in [0.5, 0.6) is 0 Å². The van der Waals surface area contributed by atoms with Gasteiger partial charge in [0.25, 0.3) is 11.8 Å². The summed E-state index contributed by atoms with van der Waals surface area (Å²) in [6.45, 7) is 10.9. The minimum Gasteiger partial charge on any atom is -0.312 e. The van der Waals surface area contributed by atoms with E-state index in [0.717, 1.165) is 11.9 Å². The summed E-state index contributed by atoms with van der Waals surface area (Å²) >= 11 is 0. The molecule has 0 atom stereocenters. The maximum Gasteiger partial charge on any atom is 0.283 e. The number of aliphatic imine (C=N–C) groups is 1. The Labute approximate surface area is 168 Å². The van der Waals surface area contributed by atoms with E-state index in [-0.39, 0.29) is 11.0 Å². The molecule has 0 radical (unpaired) electrons. The Kier molecular flexibility index (Phi) is 7.27. The number of amides is 2. The summed E-state index contributed by atoms with van der Waals surface area (Å²) in [7, 11) is 0. The maximum atomic E-state index is 11.6. The van der Waals surface area contributed by atoms with Gasteiger partial charge in [0, 0.05) is 0 Å². The smallest absolute Gasteiger partial charge is 0.283 e. The van der Waals surface area contributed by atoms with Crippen LogP contribution in [0.25, 0.3) is 0 Å². The van der Waals surface area contributed by atoms with Crippen LogP contribution < -0.4 is 5.32 Å². The van der Waals surface area contributed by atoms with Crippen LogP contribution in [0.15, 0.2) is 75.4 Å². The predicted molar refractivity (Wildman–Crippen MR) is 116 cm³/mol. The Morgan fingerprint density at radius 2 is 1.86 bits per heavy atom. The maximum absolute atomic E-state index is 11.6. The lowest BCUT2D eigenvalue weighted by molar-refractivity contribution is -0.121. The van der Waals surface area contributed by atoms with Gasteiger partial charge in [0.15, 0.2) is 0 Å². The molecule has 0 aromatic carbocycles. The molecule has 1 aliphatic heterocycles. The summed E-state index contributed by atoms with van der Waals surface area (Å²) in [6, 6.07) is 0. The minimum atomic E-state index is -0.520. The van der Waals surface area contributed by atoms with Gasteiger partial charge in [0.2, 0.25) is 0 Å². The standard InChI is InChI=1S/C24H30N2O2/c1-17(11-13-20-22(27)25-16-26-23(20)28)8-6-9-18(2)12-14-21-19(3)10-7-15-24(21,4)5/h6,8-9,11-14,16H,7,10,15H2,1-5H3,(H,25,26,27,28)/b8-6+,14-12+,17-11+,18-9+. The first kappa shape index (κ1) is 21.5. The lowest BCUT2D eigenvalue weighted by atomic mass is 9.72. The van der Waals surface area contributed by atoms with Gasteiger partial charge in [0.1, 0.15) is 5.57 Å². The van der Waals surface area contributed by atoms with E-state index in [4.69, 9.17) is 0 Å². The Bertz CT molecular complexity index is 859. The molecule has 2 amide bonds. The van der Waals surface area contributed by atoms with Crippen LogP contribution >= 0.6 is 0 Å². The van der Waals surface area contributed by atoms with Gasteiger partial charge in [-0.05, 0) is 57.1 Å². The molecule has 148 valence electrons. The van der Waals surface area contributed by atoms with Crippen LogP contribution in [0.2, 0.25) is 0 Å². The molecule has 1 N–H and O–H groups in total. The molecule has 0 fully saturated rings. The molecule has 0 saturated heterocycles. The largest absolute Gasteiger partial charge is 0.312 e. The highest BCUT2D eigenvalue weighted by Crippen LogP contribution is 2.40. The zero-order valence-electron chi connectivity index (χ0n) is 17.5. The van der Waals surface area contributed by atoms with Crippen molar-refractivity contribution < 1.29 is 9.59 Å². The molecule has 1 heterocycles. The Balaban J connectivity index is 2.04. The highest BCUT2D eigenvalue weighted by atomic mass is 16.2. The molecule has 1 aliphatic carbocycles. The van der Waals surface area contributed by atoms with Gasteiger partial charge in [-0.15, -0.1) is 0 Å². The molecule has 0 aromatic heterocycles. The predicted octanol–water partition coefficient (Wildman–Crippen LogP) is 5.13. The van der Waals surface area contributed by atoms with E-state index in [2.05, 4.69) is 56.2 Å². The molecule has 0 aromatic rings. The number of nitrogens with one attached hydrogen (secondary N) is 1. The van der Waals surface area contributed by atoms with Crippen LogP contribution in [0.4, 0.5) is 0 Å². The fourth-order valence-corrected chi connectivity index (χ4v) is 3.44. The first-order chi connectivity index (χ1) is 13.2. The van der Waals surface area contributed by atoms with Crippen molar-refractivity contribution in [3.8, 4) is 0 Å². The number of hydrogen-bond donors (Lipinski definition) is 1. The highest BCUT2D eigenvalue weighted by molar-refractivity contribution is 6.25. The topological polar surface area (TPSA) is 58.5 Å². The zero-order valence-corrected chi connectivity index (χ0v) is 17.5. The van der Waals surface area contributed by atoms with E-state index in [1.165, 1.54) is 42.1 Å². The zero-order chi connectivity index (χ0) is 20.7. The molecule has 0 saturated carbocycles. The molecule has 0 spiro atoms. The molecule has 28 heavy (non-hydrogen) atoms. The Morgan fingerprint density at radius 3 is 2.54 bits per heavy atom. The van der Waals surface area contributed by atoms with Gasteiger partial charge >= 0.3 is 0 Å². The number of rotatable bonds is 5. The molecule has 4 nitrogen and oxygen atoms in total. The van der Waals surface area contributed by atoms with Crippen molar-refractivity contribution in [3.05, 3.63) is 70.4 Å². The number of carbonyl (C=O) groups is 2. The summed E-state index contributed by atoms with van der Waals surface area (Å²) in [6.07, 6.45) is 18.4. The van der Waals surface area contributed by atoms with E-state index < -0.39 is 11.8 Å². The molecule has 0 bridgehead atoms.